The van der Waals surface area contributed by atoms with Crippen molar-refractivity contribution in [3.63, 3.8) is 0 Å². The molecule has 2 saturated heterocycles. The van der Waals surface area contributed by atoms with Crippen LogP contribution in [0.25, 0.3) is 10.9 Å². The molecule has 6 rings (SSSR count). The third-order valence-corrected chi connectivity index (χ3v) is 10.0. The van der Waals surface area contributed by atoms with Gasteiger partial charge in [-0.25, -0.2) is 0 Å². The van der Waals surface area contributed by atoms with E-state index in [9.17, 15) is 24.0 Å². The van der Waals surface area contributed by atoms with Crippen molar-refractivity contribution in [2.45, 2.75) is 57.7 Å². The zero-order valence-corrected chi connectivity index (χ0v) is 24.8. The van der Waals surface area contributed by atoms with E-state index in [1.165, 1.54) is 0 Å². The van der Waals surface area contributed by atoms with Crippen molar-refractivity contribution in [1.82, 2.24) is 25.8 Å². The first-order valence-corrected chi connectivity index (χ1v) is 15.1. The molecule has 228 valence electrons. The highest BCUT2D eigenvalue weighted by molar-refractivity contribution is 6.03. The normalized spacial score (nSPS) is 26.7. The molecule has 6 atom stereocenters. The number of amides is 4. The van der Waals surface area contributed by atoms with E-state index >= 15 is 0 Å². The monoisotopic (exact) mass is 589 g/mol. The van der Waals surface area contributed by atoms with Crippen LogP contribution < -0.4 is 20.7 Å². The number of ketones is 1. The summed E-state index contributed by atoms with van der Waals surface area (Å²) in [6.45, 7) is 8.70. The minimum absolute atomic E-state index is 0.0139. The highest BCUT2D eigenvalue weighted by Crippen LogP contribution is 2.65. The Balaban J connectivity index is 1.21. The number of likely N-dealkylation sites (tertiary alicyclic amines) is 1. The van der Waals surface area contributed by atoms with Gasteiger partial charge in [-0.1, -0.05) is 26.5 Å². The molecule has 0 radical (unpaired) electrons. The second-order valence-corrected chi connectivity index (χ2v) is 13.0. The van der Waals surface area contributed by atoms with Crippen LogP contribution in [0.15, 0.2) is 36.9 Å². The van der Waals surface area contributed by atoms with Crippen molar-refractivity contribution < 1.29 is 28.7 Å². The van der Waals surface area contributed by atoms with Crippen molar-refractivity contribution >= 4 is 40.3 Å². The summed E-state index contributed by atoms with van der Waals surface area (Å²) in [5.74, 6) is -1.27. The summed E-state index contributed by atoms with van der Waals surface area (Å²) in [5.41, 5.74) is 0.930. The first-order valence-electron chi connectivity index (χ1n) is 15.1. The van der Waals surface area contributed by atoms with Crippen LogP contribution >= 0.6 is 0 Å². The Morgan fingerprint density at radius 3 is 2.60 bits per heavy atom. The Kier molecular flexibility index (Phi) is 7.30. The first kappa shape index (κ1) is 28.9. The van der Waals surface area contributed by atoms with E-state index in [4.69, 9.17) is 4.74 Å². The van der Waals surface area contributed by atoms with Gasteiger partial charge in [-0.2, -0.15) is 0 Å². The van der Waals surface area contributed by atoms with E-state index in [1.807, 2.05) is 18.2 Å². The van der Waals surface area contributed by atoms with Crippen LogP contribution in [-0.2, 0) is 19.2 Å². The molecule has 1 aromatic heterocycles. The summed E-state index contributed by atoms with van der Waals surface area (Å²) in [4.78, 5) is 71.1. The van der Waals surface area contributed by atoms with Crippen molar-refractivity contribution in [1.29, 1.82) is 0 Å². The molecule has 1 aromatic carbocycles. The molecular weight excluding hydrogens is 550 g/mol. The van der Waals surface area contributed by atoms with Gasteiger partial charge in [0.25, 0.3) is 5.91 Å². The van der Waals surface area contributed by atoms with Crippen LogP contribution in [0.2, 0.25) is 0 Å². The molecule has 2 aliphatic heterocycles. The Labute approximate surface area is 250 Å². The maximum absolute atomic E-state index is 14.1. The molecule has 2 aliphatic carbocycles. The van der Waals surface area contributed by atoms with E-state index in [2.05, 4.69) is 41.4 Å². The van der Waals surface area contributed by atoms with Crippen molar-refractivity contribution in [2.24, 2.45) is 29.1 Å². The van der Waals surface area contributed by atoms with Crippen molar-refractivity contribution in [3.05, 3.63) is 42.6 Å². The maximum Gasteiger partial charge on any atom is 0.268 e. The van der Waals surface area contributed by atoms with Gasteiger partial charge in [-0.3, -0.25) is 24.0 Å². The number of hydrogen-bond acceptors (Lipinski definition) is 6. The van der Waals surface area contributed by atoms with Crippen molar-refractivity contribution in [2.75, 3.05) is 20.2 Å². The number of aromatic nitrogens is 1. The second-order valence-electron chi connectivity index (χ2n) is 13.0. The molecule has 4 fully saturated rings. The molecule has 4 N–H and O–H groups in total. The first-order chi connectivity index (χ1) is 20.5. The van der Waals surface area contributed by atoms with Crippen LogP contribution in [0.3, 0.4) is 0 Å². The van der Waals surface area contributed by atoms with Gasteiger partial charge in [0.15, 0.2) is 5.78 Å². The summed E-state index contributed by atoms with van der Waals surface area (Å²) in [6, 6.07) is 4.75. The van der Waals surface area contributed by atoms with Crippen LogP contribution in [0.4, 0.5) is 0 Å². The molecule has 0 spiro atoms. The third-order valence-electron chi connectivity index (χ3n) is 10.0. The Hall–Kier alpha value is -4.15. The predicted octanol–water partition coefficient (Wildman–Crippen LogP) is 1.93. The van der Waals surface area contributed by atoms with E-state index in [-0.39, 0.29) is 53.1 Å². The van der Waals surface area contributed by atoms with Gasteiger partial charge in [0.1, 0.15) is 23.5 Å². The maximum atomic E-state index is 14.1. The fourth-order valence-corrected chi connectivity index (χ4v) is 7.25. The molecule has 4 aliphatic rings. The molecule has 43 heavy (non-hydrogen) atoms. The van der Waals surface area contributed by atoms with Gasteiger partial charge in [-0.05, 0) is 73.1 Å². The minimum Gasteiger partial charge on any atom is -0.496 e. The number of benzene rings is 1. The van der Waals surface area contributed by atoms with Gasteiger partial charge in [-0.15, -0.1) is 0 Å². The minimum atomic E-state index is -0.908. The molecule has 11 heteroatoms. The highest BCUT2D eigenvalue weighted by Gasteiger charge is 2.70. The number of fused-ring (bicyclic) bond motifs is 2. The summed E-state index contributed by atoms with van der Waals surface area (Å²) < 4.78 is 5.42. The Morgan fingerprint density at radius 1 is 1.19 bits per heavy atom. The molecule has 4 amide bonds. The number of carbonyl (C=O) groups excluding carboxylic acids is 5. The standard InChI is InChI=1S/C32H39N5O6/c1-5-23(38)21(13-17-11-12-33-28(17)39)35-30(41)27-25-19(32(25,2)3)15-37(27)31(42)26(16-9-10-16)36-29(40)22-14-18-20(34-22)7-6-8-24(18)43-4/h5-8,14,16-17,19,21,25-27,34H,1,9-13,15H2,2-4H3,(H,33,39)(H,35,41)(H,36,40)/t17?,19-,21-,25-,26?,27-/m0/s1. The molecule has 2 aromatic rings. The van der Waals surface area contributed by atoms with Gasteiger partial charge in [0.2, 0.25) is 17.7 Å². The lowest BCUT2D eigenvalue weighted by Crippen LogP contribution is -2.58. The lowest BCUT2D eigenvalue weighted by Gasteiger charge is -2.34. The SMILES string of the molecule is C=CC(=O)[C@H](CC1CCNC1=O)NC(=O)[C@@H]1[C@@H]2[C@H](CN1C(=O)C(NC(=O)c1cc3c(OC)cccc3[nH]1)C1CC1)C2(C)C. The number of aromatic amines is 1. The van der Waals surface area contributed by atoms with Crippen LogP contribution in [0.5, 0.6) is 5.75 Å². The number of nitrogens with one attached hydrogen (secondary N) is 4. The number of ether oxygens (including phenoxy) is 1. The lowest BCUT2D eigenvalue weighted by molar-refractivity contribution is -0.142. The molecular formula is C32H39N5O6. The van der Waals surface area contributed by atoms with Gasteiger partial charge < -0.3 is 30.6 Å². The highest BCUT2D eigenvalue weighted by atomic mass is 16.5. The number of hydrogen-bond donors (Lipinski definition) is 4. The number of H-pyrrole nitrogens is 1. The molecule has 2 unspecified atom stereocenters. The van der Waals surface area contributed by atoms with Gasteiger partial charge >= 0.3 is 0 Å². The van der Waals surface area contributed by atoms with Crippen LogP contribution in [-0.4, -0.2) is 77.6 Å². The Morgan fingerprint density at radius 2 is 1.95 bits per heavy atom. The van der Waals surface area contributed by atoms with Gasteiger partial charge in [0, 0.05) is 29.9 Å². The molecule has 3 heterocycles. The summed E-state index contributed by atoms with van der Waals surface area (Å²) in [6.07, 6.45) is 3.54. The fraction of sp³-hybridized carbons (Fsp3) is 0.531. The zero-order valence-electron chi connectivity index (χ0n) is 24.8. The quantitative estimate of drug-likeness (QED) is 0.294. The summed E-state index contributed by atoms with van der Waals surface area (Å²) >= 11 is 0. The number of methoxy groups -OCH3 is 1. The average Bonchev–Trinajstić information content (AvgIpc) is 3.65. The van der Waals surface area contributed by atoms with E-state index in [1.54, 1.807) is 18.1 Å². The van der Waals surface area contributed by atoms with E-state index in [0.717, 1.165) is 29.8 Å². The van der Waals surface area contributed by atoms with Crippen molar-refractivity contribution in [3.8, 4) is 5.75 Å². The summed E-state index contributed by atoms with van der Waals surface area (Å²) in [5, 5.41) is 9.37. The zero-order chi connectivity index (χ0) is 30.6. The second kappa shape index (κ2) is 10.8. The largest absolute Gasteiger partial charge is 0.496 e. The smallest absolute Gasteiger partial charge is 0.268 e. The number of carbonyl (C=O) groups is 5. The molecule has 0 bridgehead atoms. The number of piperidine rings is 1. The lowest BCUT2D eigenvalue weighted by atomic mass is 9.94. The average molecular weight is 590 g/mol. The van der Waals surface area contributed by atoms with Crippen LogP contribution in [0.1, 0.15) is 50.0 Å². The third kappa shape index (κ3) is 5.19. The number of nitrogens with zero attached hydrogens (tertiary/aromatic N) is 1. The van der Waals surface area contributed by atoms with E-state index < -0.39 is 29.9 Å². The van der Waals surface area contributed by atoms with E-state index in [0.29, 0.717) is 31.0 Å². The molecule has 2 saturated carbocycles. The topological polar surface area (TPSA) is 150 Å². The van der Waals surface area contributed by atoms with Crippen LogP contribution in [0, 0.1) is 29.1 Å². The predicted molar refractivity (Wildman–Crippen MR) is 158 cm³/mol. The Bertz CT molecular complexity index is 1510. The van der Waals surface area contributed by atoms with Gasteiger partial charge in [0.05, 0.1) is 13.2 Å². The fourth-order valence-electron chi connectivity index (χ4n) is 7.25. The summed E-state index contributed by atoms with van der Waals surface area (Å²) in [7, 11) is 1.57. The number of rotatable bonds is 11. The molecule has 11 nitrogen and oxygen atoms in total.